The van der Waals surface area contributed by atoms with Crippen molar-refractivity contribution < 1.29 is 27.8 Å². The minimum atomic E-state index is -3.97. The zero-order valence-corrected chi connectivity index (χ0v) is 21.2. The molecule has 0 saturated heterocycles. The van der Waals surface area contributed by atoms with Gasteiger partial charge in [0.25, 0.3) is 11.4 Å². The highest BCUT2D eigenvalue weighted by molar-refractivity contribution is 7.90. The molecule has 0 fully saturated rings. The molecule has 11 heteroatoms. The Labute approximate surface area is 204 Å². The molecular formula is C24H30N2O8S. The fourth-order valence-electron chi connectivity index (χ4n) is 3.68. The Morgan fingerprint density at radius 1 is 1.00 bits per heavy atom. The number of benzene rings is 2. The molecule has 0 aliphatic heterocycles. The lowest BCUT2D eigenvalue weighted by Gasteiger charge is -2.23. The lowest BCUT2D eigenvalue weighted by atomic mass is 9.91. The van der Waals surface area contributed by atoms with Crippen molar-refractivity contribution in [2.24, 2.45) is 11.8 Å². The number of ether oxygens (including phenoxy) is 1. The largest absolute Gasteiger partial charge is 0.460 e. The molecule has 0 amide bonds. The maximum absolute atomic E-state index is 12.8. The number of hydrogen-bond donors (Lipinski definition) is 0. The summed E-state index contributed by atoms with van der Waals surface area (Å²) in [4.78, 5) is 33.3. The van der Waals surface area contributed by atoms with Gasteiger partial charge in [-0.1, -0.05) is 26.0 Å². The third-order valence-electron chi connectivity index (χ3n) is 5.25. The zero-order valence-electron chi connectivity index (χ0n) is 20.4. The topological polar surface area (TPSA) is 147 Å². The Morgan fingerprint density at radius 3 is 2.11 bits per heavy atom. The molecule has 2 aromatic carbocycles. The van der Waals surface area contributed by atoms with Crippen LogP contribution in [0, 0.1) is 32.1 Å². The number of hydrogen-bond acceptors (Lipinski definition) is 8. The van der Waals surface area contributed by atoms with Gasteiger partial charge < -0.3 is 4.74 Å². The fourth-order valence-corrected chi connectivity index (χ4v) is 5.05. The number of carbonyl (C=O) groups excluding carboxylic acids is 1. The molecule has 190 valence electrons. The SMILES string of the molecule is CC(C[C@@H](C)Cc1ccc(CS(=O)(=O)c2ccc([N+](=O)[O-])cc2)c([N+](=O)[O-])c1)C(=O)OC(C)(C)C. The third-order valence-corrected chi connectivity index (χ3v) is 6.93. The van der Waals surface area contributed by atoms with Gasteiger partial charge in [-0.2, -0.15) is 0 Å². The van der Waals surface area contributed by atoms with E-state index in [1.165, 1.54) is 12.1 Å². The van der Waals surface area contributed by atoms with Crippen molar-refractivity contribution >= 4 is 27.2 Å². The van der Waals surface area contributed by atoms with Crippen molar-refractivity contribution in [3.63, 3.8) is 0 Å². The third kappa shape index (κ3) is 8.13. The monoisotopic (exact) mass is 506 g/mol. The van der Waals surface area contributed by atoms with Gasteiger partial charge in [0.2, 0.25) is 0 Å². The molecule has 35 heavy (non-hydrogen) atoms. The van der Waals surface area contributed by atoms with Gasteiger partial charge in [-0.25, -0.2) is 8.42 Å². The van der Waals surface area contributed by atoms with E-state index in [4.69, 9.17) is 4.74 Å². The van der Waals surface area contributed by atoms with Crippen LogP contribution in [0.5, 0.6) is 0 Å². The van der Waals surface area contributed by atoms with Gasteiger partial charge in [-0.15, -0.1) is 0 Å². The first-order valence-corrected chi connectivity index (χ1v) is 12.7. The highest BCUT2D eigenvalue weighted by atomic mass is 32.2. The van der Waals surface area contributed by atoms with Gasteiger partial charge in [0.1, 0.15) is 5.60 Å². The molecule has 1 unspecified atom stereocenters. The van der Waals surface area contributed by atoms with E-state index in [1.807, 2.05) is 6.92 Å². The Balaban J connectivity index is 2.17. The van der Waals surface area contributed by atoms with Crippen LogP contribution in [0.15, 0.2) is 47.4 Å². The van der Waals surface area contributed by atoms with Gasteiger partial charge in [-0.3, -0.25) is 25.0 Å². The van der Waals surface area contributed by atoms with Crippen molar-refractivity contribution in [2.45, 2.75) is 63.7 Å². The molecule has 2 rings (SSSR count). The second-order valence-corrected chi connectivity index (χ2v) is 11.7. The average Bonchev–Trinajstić information content (AvgIpc) is 2.73. The van der Waals surface area contributed by atoms with Crippen LogP contribution in [-0.4, -0.2) is 29.8 Å². The molecule has 0 aliphatic carbocycles. The second kappa shape index (κ2) is 10.9. The standard InChI is InChI=1S/C24H30N2O8S/c1-16(12-17(2)23(27)34-24(3,4)5)13-18-6-7-19(22(14-18)26(30)31)15-35(32,33)21-10-8-20(9-11-21)25(28)29/h6-11,14,16-17H,12-13,15H2,1-5H3/t16-,17?/m1/s1. The molecule has 0 heterocycles. The highest BCUT2D eigenvalue weighted by Gasteiger charge is 2.25. The predicted molar refractivity (Wildman–Crippen MR) is 130 cm³/mol. The van der Waals surface area contributed by atoms with Crippen molar-refractivity contribution in [1.82, 2.24) is 0 Å². The summed E-state index contributed by atoms with van der Waals surface area (Å²) in [5, 5.41) is 22.5. The molecule has 0 saturated carbocycles. The molecule has 0 aliphatic rings. The zero-order chi connectivity index (χ0) is 26.6. The minimum Gasteiger partial charge on any atom is -0.460 e. The summed E-state index contributed by atoms with van der Waals surface area (Å²) in [7, 11) is -3.97. The van der Waals surface area contributed by atoms with Crippen LogP contribution in [0.4, 0.5) is 11.4 Å². The average molecular weight is 507 g/mol. The van der Waals surface area contributed by atoms with Crippen LogP contribution in [0.25, 0.3) is 0 Å². The molecule has 2 aromatic rings. The van der Waals surface area contributed by atoms with Crippen LogP contribution in [0.3, 0.4) is 0 Å². The normalized spacial score (nSPS) is 13.6. The first-order valence-electron chi connectivity index (χ1n) is 11.1. The molecule has 0 spiro atoms. The summed E-state index contributed by atoms with van der Waals surface area (Å²) >= 11 is 0. The number of non-ortho nitro benzene ring substituents is 1. The van der Waals surface area contributed by atoms with E-state index in [2.05, 4.69) is 0 Å². The molecular weight excluding hydrogens is 476 g/mol. The Kier molecular flexibility index (Phi) is 8.72. The smallest absolute Gasteiger partial charge is 0.309 e. The van der Waals surface area contributed by atoms with E-state index in [1.54, 1.807) is 33.8 Å². The van der Waals surface area contributed by atoms with Crippen molar-refractivity contribution in [1.29, 1.82) is 0 Å². The second-order valence-electron chi connectivity index (χ2n) is 9.71. The van der Waals surface area contributed by atoms with E-state index < -0.39 is 31.0 Å². The summed E-state index contributed by atoms with van der Waals surface area (Å²) in [6, 6.07) is 8.79. The van der Waals surface area contributed by atoms with E-state index in [0.29, 0.717) is 18.4 Å². The quantitative estimate of drug-likeness (QED) is 0.248. The van der Waals surface area contributed by atoms with Crippen molar-refractivity contribution in [3.8, 4) is 0 Å². The Bertz CT molecular complexity index is 1200. The maximum atomic E-state index is 12.8. The van der Waals surface area contributed by atoms with Crippen LogP contribution in [0.1, 0.15) is 52.2 Å². The maximum Gasteiger partial charge on any atom is 0.309 e. The van der Waals surface area contributed by atoms with E-state index >= 15 is 0 Å². The molecule has 0 aromatic heterocycles. The number of nitrogens with zero attached hydrogens (tertiary/aromatic N) is 2. The highest BCUT2D eigenvalue weighted by Crippen LogP contribution is 2.28. The number of carbonyl (C=O) groups is 1. The summed E-state index contributed by atoms with van der Waals surface area (Å²) in [5.74, 6) is -1.24. The lowest BCUT2D eigenvalue weighted by Crippen LogP contribution is -2.28. The molecule has 0 bridgehead atoms. The van der Waals surface area contributed by atoms with Gasteiger partial charge in [0, 0.05) is 23.8 Å². The Morgan fingerprint density at radius 2 is 1.60 bits per heavy atom. The van der Waals surface area contributed by atoms with Crippen LogP contribution in [-0.2, 0) is 31.5 Å². The van der Waals surface area contributed by atoms with Crippen LogP contribution >= 0.6 is 0 Å². The minimum absolute atomic E-state index is 0.0202. The predicted octanol–water partition coefficient (Wildman–Crippen LogP) is 5.02. The first-order chi connectivity index (χ1) is 16.1. The summed E-state index contributed by atoms with van der Waals surface area (Å²) < 4.78 is 30.9. The summed E-state index contributed by atoms with van der Waals surface area (Å²) in [6.45, 7) is 9.09. The number of esters is 1. The molecule has 10 nitrogen and oxygen atoms in total. The van der Waals surface area contributed by atoms with Crippen molar-refractivity contribution in [3.05, 3.63) is 73.8 Å². The van der Waals surface area contributed by atoms with Gasteiger partial charge in [0.15, 0.2) is 9.84 Å². The molecule has 0 radical (unpaired) electrons. The first kappa shape index (κ1) is 27.9. The number of sulfone groups is 1. The van der Waals surface area contributed by atoms with E-state index in [0.717, 1.165) is 24.3 Å². The molecule has 2 atom stereocenters. The van der Waals surface area contributed by atoms with Crippen molar-refractivity contribution in [2.75, 3.05) is 0 Å². The lowest BCUT2D eigenvalue weighted by molar-refractivity contribution is -0.385. The number of nitro benzene ring substituents is 2. The van der Waals surface area contributed by atoms with Crippen LogP contribution in [0.2, 0.25) is 0 Å². The molecule has 0 N–H and O–H groups in total. The van der Waals surface area contributed by atoms with Gasteiger partial charge in [0.05, 0.1) is 26.4 Å². The summed E-state index contributed by atoms with van der Waals surface area (Å²) in [6.07, 6.45) is 0.988. The van der Waals surface area contributed by atoms with E-state index in [9.17, 15) is 33.4 Å². The van der Waals surface area contributed by atoms with Gasteiger partial charge in [-0.05, 0) is 57.2 Å². The fraction of sp³-hybridized carbons (Fsp3) is 0.458. The van der Waals surface area contributed by atoms with Gasteiger partial charge >= 0.3 is 5.97 Å². The number of nitro groups is 2. The number of rotatable bonds is 10. The van der Waals surface area contributed by atoms with Crippen LogP contribution < -0.4 is 0 Å². The summed E-state index contributed by atoms with van der Waals surface area (Å²) in [5.41, 5.74) is -0.487. The van der Waals surface area contributed by atoms with E-state index in [-0.39, 0.29) is 39.6 Å². The Hall–Kier alpha value is -3.34.